The van der Waals surface area contributed by atoms with Crippen LogP contribution in [0.1, 0.15) is 36.8 Å². The van der Waals surface area contributed by atoms with Crippen LogP contribution in [0.3, 0.4) is 0 Å². The lowest BCUT2D eigenvalue weighted by Gasteiger charge is -2.39. The van der Waals surface area contributed by atoms with Gasteiger partial charge in [0.1, 0.15) is 11.9 Å². The molecule has 0 spiro atoms. The number of benzene rings is 1. The molecular weight excluding hydrogens is 369 g/mol. The van der Waals surface area contributed by atoms with Gasteiger partial charge in [0.2, 0.25) is 5.91 Å². The Morgan fingerprint density at radius 3 is 2.43 bits per heavy atom. The van der Waals surface area contributed by atoms with Crippen LogP contribution in [0, 0.1) is 0 Å². The molecule has 1 aromatic heterocycles. The summed E-state index contributed by atoms with van der Waals surface area (Å²) in [7, 11) is 0. The third-order valence-electron chi connectivity index (χ3n) is 5.54. The van der Waals surface area contributed by atoms with E-state index >= 15 is 0 Å². The average Bonchev–Trinajstić information content (AvgIpc) is 2.93. The normalized spacial score (nSPS) is 24.2. The number of alkyl halides is 3. The summed E-state index contributed by atoms with van der Waals surface area (Å²) in [6.45, 7) is 0. The molecule has 0 radical (unpaired) electrons. The number of hydrogen-bond acceptors (Lipinski definition) is 3. The molecule has 2 fully saturated rings. The smallest absolute Gasteiger partial charge is 0.416 e. The maximum absolute atomic E-state index is 12.9. The van der Waals surface area contributed by atoms with Gasteiger partial charge in [0, 0.05) is 37.3 Å². The monoisotopic (exact) mass is 390 g/mol. The van der Waals surface area contributed by atoms with Crippen molar-refractivity contribution in [3.05, 3.63) is 59.9 Å². The van der Waals surface area contributed by atoms with Gasteiger partial charge < -0.3 is 9.64 Å². The van der Waals surface area contributed by atoms with E-state index in [-0.39, 0.29) is 30.5 Å². The van der Waals surface area contributed by atoms with Crippen LogP contribution < -0.4 is 4.74 Å². The number of carbonyl (C=O) groups is 1. The summed E-state index contributed by atoms with van der Waals surface area (Å²) in [6.07, 6.45) is 2.30. The Morgan fingerprint density at radius 2 is 1.79 bits per heavy atom. The van der Waals surface area contributed by atoms with Crippen LogP contribution in [0.2, 0.25) is 0 Å². The van der Waals surface area contributed by atoms with Gasteiger partial charge in [-0.3, -0.25) is 9.78 Å². The van der Waals surface area contributed by atoms with Gasteiger partial charge in [-0.2, -0.15) is 13.2 Å². The Kier molecular flexibility index (Phi) is 5.00. The van der Waals surface area contributed by atoms with E-state index in [0.717, 1.165) is 43.6 Å². The molecule has 28 heavy (non-hydrogen) atoms. The van der Waals surface area contributed by atoms with Crippen LogP contribution >= 0.6 is 0 Å². The Morgan fingerprint density at radius 1 is 1.11 bits per heavy atom. The lowest BCUT2D eigenvalue weighted by atomic mass is 9.98. The first-order valence-electron chi connectivity index (χ1n) is 9.44. The molecule has 1 amide bonds. The number of rotatable bonds is 4. The van der Waals surface area contributed by atoms with Gasteiger partial charge in [-0.05, 0) is 36.6 Å². The molecule has 2 bridgehead atoms. The van der Waals surface area contributed by atoms with Gasteiger partial charge in [-0.1, -0.05) is 18.2 Å². The van der Waals surface area contributed by atoms with E-state index in [9.17, 15) is 18.0 Å². The van der Waals surface area contributed by atoms with Crippen molar-refractivity contribution in [1.82, 2.24) is 9.88 Å². The first-order chi connectivity index (χ1) is 13.4. The molecular formula is C21H21F3N2O2. The number of piperidine rings is 1. The highest BCUT2D eigenvalue weighted by Crippen LogP contribution is 2.38. The van der Waals surface area contributed by atoms with Crippen molar-refractivity contribution in [1.29, 1.82) is 0 Å². The summed E-state index contributed by atoms with van der Waals surface area (Å²) < 4.78 is 44.7. The van der Waals surface area contributed by atoms with Crippen molar-refractivity contribution in [2.45, 2.75) is 56.5 Å². The molecule has 0 N–H and O–H groups in total. The summed E-state index contributed by atoms with van der Waals surface area (Å²) in [5.41, 5.74) is -0.320. The van der Waals surface area contributed by atoms with Crippen molar-refractivity contribution in [3.8, 4) is 5.75 Å². The van der Waals surface area contributed by atoms with Crippen molar-refractivity contribution in [2.75, 3.05) is 0 Å². The summed E-state index contributed by atoms with van der Waals surface area (Å²) in [4.78, 5) is 18.7. The standard InChI is InChI=1S/C21H21F3N2O2/c22-21(23,24)15-3-1-2-14(10-15)11-20(27)26-16-4-5-17(26)13-19(12-16)28-18-6-8-25-9-7-18/h1-3,6-10,16-17,19H,4-5,11-13H2. The number of fused-ring (bicyclic) bond motifs is 2. The molecule has 2 aromatic rings. The molecule has 2 aliphatic rings. The Bertz CT molecular complexity index is 827. The third kappa shape index (κ3) is 3.98. The average molecular weight is 390 g/mol. The summed E-state index contributed by atoms with van der Waals surface area (Å²) in [5, 5.41) is 0. The van der Waals surface area contributed by atoms with Crippen LogP contribution in [0.5, 0.6) is 5.75 Å². The Labute approximate surface area is 161 Å². The predicted octanol–water partition coefficient (Wildman–Crippen LogP) is 4.24. The van der Waals surface area contributed by atoms with Gasteiger partial charge in [-0.25, -0.2) is 0 Å². The van der Waals surface area contributed by atoms with Gasteiger partial charge in [0.15, 0.2) is 0 Å². The van der Waals surface area contributed by atoms with Gasteiger partial charge in [0.25, 0.3) is 0 Å². The van der Waals surface area contributed by atoms with E-state index < -0.39 is 11.7 Å². The highest BCUT2D eigenvalue weighted by molar-refractivity contribution is 5.80. The topological polar surface area (TPSA) is 42.4 Å². The lowest BCUT2D eigenvalue weighted by Crippen LogP contribution is -2.49. The minimum absolute atomic E-state index is 0.00714. The summed E-state index contributed by atoms with van der Waals surface area (Å²) in [5.74, 6) is 0.664. The number of halogens is 3. The van der Waals surface area contributed by atoms with Crippen LogP contribution in [-0.4, -0.2) is 34.0 Å². The molecule has 2 saturated heterocycles. The first-order valence-corrected chi connectivity index (χ1v) is 9.44. The quantitative estimate of drug-likeness (QED) is 0.784. The SMILES string of the molecule is O=C(Cc1cccc(C(F)(F)F)c1)N1C2CCC1CC(Oc1ccncc1)C2. The fourth-order valence-electron chi connectivity index (χ4n) is 4.36. The van der Waals surface area contributed by atoms with Crippen molar-refractivity contribution in [3.63, 3.8) is 0 Å². The van der Waals surface area contributed by atoms with Crippen LogP contribution in [0.15, 0.2) is 48.8 Å². The van der Waals surface area contributed by atoms with Crippen LogP contribution in [-0.2, 0) is 17.4 Å². The maximum Gasteiger partial charge on any atom is 0.416 e. The van der Waals surface area contributed by atoms with E-state index in [1.54, 1.807) is 18.5 Å². The minimum Gasteiger partial charge on any atom is -0.490 e. The van der Waals surface area contributed by atoms with Gasteiger partial charge in [-0.15, -0.1) is 0 Å². The number of nitrogens with zero attached hydrogens (tertiary/aromatic N) is 2. The fraction of sp³-hybridized carbons (Fsp3) is 0.429. The Balaban J connectivity index is 1.41. The van der Waals surface area contributed by atoms with Crippen LogP contribution in [0.25, 0.3) is 0 Å². The zero-order chi connectivity index (χ0) is 19.7. The molecule has 148 valence electrons. The second-order valence-corrected chi connectivity index (χ2v) is 7.46. The highest BCUT2D eigenvalue weighted by atomic mass is 19.4. The summed E-state index contributed by atoms with van der Waals surface area (Å²) >= 11 is 0. The van der Waals surface area contributed by atoms with Crippen molar-refractivity contribution < 1.29 is 22.7 Å². The second kappa shape index (κ2) is 7.45. The fourth-order valence-corrected chi connectivity index (χ4v) is 4.36. The Hall–Kier alpha value is -2.57. The second-order valence-electron chi connectivity index (χ2n) is 7.46. The third-order valence-corrected chi connectivity index (χ3v) is 5.54. The molecule has 4 nitrogen and oxygen atoms in total. The van der Waals surface area contributed by atoms with Crippen LogP contribution in [0.4, 0.5) is 13.2 Å². The van der Waals surface area contributed by atoms with Gasteiger partial charge >= 0.3 is 6.18 Å². The number of amides is 1. The molecule has 0 saturated carbocycles. The number of ether oxygens (including phenoxy) is 1. The van der Waals surface area contributed by atoms with E-state index in [4.69, 9.17) is 4.74 Å². The number of aromatic nitrogens is 1. The van der Waals surface area contributed by atoms with E-state index in [0.29, 0.717) is 5.56 Å². The molecule has 3 heterocycles. The molecule has 2 aliphatic heterocycles. The molecule has 7 heteroatoms. The zero-order valence-corrected chi connectivity index (χ0v) is 15.2. The minimum atomic E-state index is -4.40. The van der Waals surface area contributed by atoms with Crippen molar-refractivity contribution >= 4 is 5.91 Å². The number of carbonyl (C=O) groups excluding carboxylic acids is 1. The lowest BCUT2D eigenvalue weighted by molar-refractivity contribution is -0.138. The number of hydrogen-bond donors (Lipinski definition) is 0. The molecule has 4 rings (SSSR count). The molecule has 1 aromatic carbocycles. The molecule has 2 unspecified atom stereocenters. The molecule has 0 aliphatic carbocycles. The highest BCUT2D eigenvalue weighted by Gasteiger charge is 2.43. The van der Waals surface area contributed by atoms with E-state index in [1.165, 1.54) is 6.07 Å². The van der Waals surface area contributed by atoms with Gasteiger partial charge in [0.05, 0.1) is 12.0 Å². The van der Waals surface area contributed by atoms with Crippen molar-refractivity contribution in [2.24, 2.45) is 0 Å². The number of pyridine rings is 1. The molecule has 2 atom stereocenters. The predicted molar refractivity (Wildman–Crippen MR) is 96.7 cm³/mol. The maximum atomic E-state index is 12.9. The van der Waals surface area contributed by atoms with E-state index in [1.807, 2.05) is 17.0 Å². The largest absolute Gasteiger partial charge is 0.490 e. The zero-order valence-electron chi connectivity index (χ0n) is 15.2. The first kappa shape index (κ1) is 18.8. The summed E-state index contributed by atoms with van der Waals surface area (Å²) in [6, 6.07) is 8.83. The van der Waals surface area contributed by atoms with E-state index in [2.05, 4.69) is 4.98 Å².